The van der Waals surface area contributed by atoms with Crippen molar-refractivity contribution in [1.82, 2.24) is 4.98 Å². The number of alkyl halides is 1. The van der Waals surface area contributed by atoms with Gasteiger partial charge in [0, 0.05) is 22.9 Å². The number of H-pyrrole nitrogens is 1. The highest BCUT2D eigenvalue weighted by atomic mass is 35.5. The number of hydrogen-bond donors (Lipinski definition) is 1. The van der Waals surface area contributed by atoms with Crippen molar-refractivity contribution in [2.24, 2.45) is 0 Å². The van der Waals surface area contributed by atoms with E-state index < -0.39 is 0 Å². The molecule has 0 aromatic carbocycles. The van der Waals surface area contributed by atoms with E-state index in [1.54, 1.807) is 0 Å². The van der Waals surface area contributed by atoms with Gasteiger partial charge in [-0.25, -0.2) is 0 Å². The van der Waals surface area contributed by atoms with Crippen LogP contribution in [0.3, 0.4) is 0 Å². The zero-order valence-electron chi connectivity index (χ0n) is 9.80. The molecule has 0 radical (unpaired) electrons. The Hall–Kier alpha value is -1.39. The summed E-state index contributed by atoms with van der Waals surface area (Å²) in [7, 11) is 0. The molecule has 1 nitrogen and oxygen atoms in total. The van der Waals surface area contributed by atoms with E-state index in [1.165, 1.54) is 10.6 Å². The van der Waals surface area contributed by atoms with Crippen molar-refractivity contribution >= 4 is 23.8 Å². The molecule has 1 aromatic heterocycles. The van der Waals surface area contributed by atoms with Crippen LogP contribution < -0.4 is 10.6 Å². The minimum Gasteiger partial charge on any atom is -0.348 e. The average Bonchev–Trinajstić information content (AvgIpc) is 2.59. The smallest absolute Gasteiger partial charge is 0.0904 e. The van der Waals surface area contributed by atoms with Gasteiger partial charge < -0.3 is 4.98 Å². The molecule has 88 valence electrons. The molecule has 1 aliphatic carbocycles. The van der Waals surface area contributed by atoms with Crippen LogP contribution in [-0.2, 0) is 0 Å². The lowest BCUT2D eigenvalue weighted by molar-refractivity contribution is 0.833. The first-order chi connectivity index (χ1) is 8.40. The summed E-state index contributed by atoms with van der Waals surface area (Å²) in [6, 6.07) is 2.11. The van der Waals surface area contributed by atoms with Gasteiger partial charge in [0.25, 0.3) is 0 Å². The molecular weight excluding hydrogens is 230 g/mol. The Morgan fingerprint density at radius 2 is 2.29 bits per heavy atom. The van der Waals surface area contributed by atoms with E-state index in [4.69, 9.17) is 11.6 Å². The van der Waals surface area contributed by atoms with Gasteiger partial charge in [0.2, 0.25) is 0 Å². The van der Waals surface area contributed by atoms with Crippen LogP contribution in [0.1, 0.15) is 31.4 Å². The highest BCUT2D eigenvalue weighted by Crippen LogP contribution is 1.96. The number of fused-ring (bicyclic) bond motifs is 1. The molecule has 1 aromatic rings. The molecule has 0 spiro atoms. The molecule has 1 heterocycles. The second-order valence-electron chi connectivity index (χ2n) is 4.03. The number of aromatic amines is 1. The molecule has 0 fully saturated rings. The second-order valence-corrected chi connectivity index (χ2v) is 4.41. The van der Waals surface area contributed by atoms with Crippen molar-refractivity contribution in [3.8, 4) is 11.8 Å². The largest absolute Gasteiger partial charge is 0.348 e. The molecule has 0 unspecified atom stereocenters. The first-order valence-electron chi connectivity index (χ1n) is 6.01. The Labute approximate surface area is 107 Å². The molecule has 0 amide bonds. The molecule has 0 saturated carbocycles. The van der Waals surface area contributed by atoms with Crippen molar-refractivity contribution in [2.45, 2.75) is 25.7 Å². The minimum absolute atomic E-state index is 0.731. The minimum atomic E-state index is 0.731. The Bertz CT molecular complexity index is 566. The average molecular weight is 246 g/mol. The van der Waals surface area contributed by atoms with Crippen LogP contribution in [0.4, 0.5) is 0 Å². The molecule has 0 saturated heterocycles. The second kappa shape index (κ2) is 6.37. The molecular formula is C15H16ClN. The maximum atomic E-state index is 5.61. The summed E-state index contributed by atoms with van der Waals surface area (Å²) in [5.74, 6) is 7.07. The zero-order valence-corrected chi connectivity index (χ0v) is 10.6. The number of unbranched alkanes of at least 4 members (excludes halogenated alkanes) is 2. The lowest BCUT2D eigenvalue weighted by Gasteiger charge is -1.87. The highest BCUT2D eigenvalue weighted by Gasteiger charge is 1.93. The van der Waals surface area contributed by atoms with Gasteiger partial charge in [-0.2, -0.15) is 0 Å². The van der Waals surface area contributed by atoms with E-state index in [2.05, 4.69) is 47.2 Å². The van der Waals surface area contributed by atoms with Crippen LogP contribution in [0, 0.1) is 11.8 Å². The number of nitrogens with one attached hydrogen (secondary N) is 1. The van der Waals surface area contributed by atoms with Gasteiger partial charge in [-0.1, -0.05) is 30.2 Å². The number of halogens is 1. The fourth-order valence-electron chi connectivity index (χ4n) is 1.76. The van der Waals surface area contributed by atoms with Crippen LogP contribution in [0.15, 0.2) is 18.2 Å². The molecule has 17 heavy (non-hydrogen) atoms. The quantitative estimate of drug-likeness (QED) is 0.478. The Kier molecular flexibility index (Phi) is 4.53. The van der Waals surface area contributed by atoms with Crippen LogP contribution in [-0.4, -0.2) is 10.9 Å². The third-order valence-electron chi connectivity index (χ3n) is 2.66. The Morgan fingerprint density at radius 1 is 1.35 bits per heavy atom. The van der Waals surface area contributed by atoms with Crippen LogP contribution in [0.2, 0.25) is 0 Å². The molecule has 0 aliphatic heterocycles. The van der Waals surface area contributed by atoms with E-state index in [1.807, 2.05) is 0 Å². The lowest BCUT2D eigenvalue weighted by Crippen LogP contribution is -2.20. The summed E-state index contributed by atoms with van der Waals surface area (Å²) in [5.41, 5.74) is 1.00. The number of hydrogen-bond acceptors (Lipinski definition) is 0. The van der Waals surface area contributed by atoms with E-state index in [-0.39, 0.29) is 0 Å². The maximum Gasteiger partial charge on any atom is 0.0904 e. The molecule has 1 aliphatic rings. The summed E-state index contributed by atoms with van der Waals surface area (Å²) in [4.78, 5) is 3.34. The van der Waals surface area contributed by atoms with Crippen molar-refractivity contribution in [3.63, 3.8) is 0 Å². The summed E-state index contributed by atoms with van der Waals surface area (Å²) in [5, 5.41) is 2.41. The number of aromatic nitrogens is 1. The van der Waals surface area contributed by atoms with Crippen molar-refractivity contribution in [3.05, 3.63) is 34.5 Å². The number of rotatable bonds is 3. The van der Waals surface area contributed by atoms with Crippen molar-refractivity contribution in [2.75, 3.05) is 5.88 Å². The first kappa shape index (κ1) is 12.1. The molecule has 1 N–H and O–H groups in total. The van der Waals surface area contributed by atoms with Gasteiger partial charge in [0.15, 0.2) is 0 Å². The van der Waals surface area contributed by atoms with Crippen molar-refractivity contribution < 1.29 is 0 Å². The molecule has 0 bridgehead atoms. The van der Waals surface area contributed by atoms with E-state index in [9.17, 15) is 0 Å². The van der Waals surface area contributed by atoms with Gasteiger partial charge in [-0.15, -0.1) is 11.6 Å². The van der Waals surface area contributed by atoms with Gasteiger partial charge in [0.05, 0.1) is 5.69 Å². The monoisotopic (exact) mass is 245 g/mol. The Morgan fingerprint density at radius 3 is 3.18 bits per heavy atom. The van der Waals surface area contributed by atoms with Crippen molar-refractivity contribution in [1.29, 1.82) is 0 Å². The summed E-state index contributed by atoms with van der Waals surface area (Å²) < 4.78 is 0. The lowest BCUT2D eigenvalue weighted by atomic mass is 10.2. The Balaban J connectivity index is 2.09. The topological polar surface area (TPSA) is 15.8 Å². The summed E-state index contributed by atoms with van der Waals surface area (Å²) in [6.07, 6.45) is 12.6. The highest BCUT2D eigenvalue weighted by molar-refractivity contribution is 6.17. The predicted octanol–water partition coefficient (Wildman–Crippen LogP) is 2.30. The third kappa shape index (κ3) is 3.54. The normalized spacial score (nSPS) is 12.8. The maximum absolute atomic E-state index is 5.61. The summed E-state index contributed by atoms with van der Waals surface area (Å²) in [6.45, 7) is 0. The molecule has 2 rings (SSSR count). The van der Waals surface area contributed by atoms with Crippen LogP contribution >= 0.6 is 11.6 Å². The summed E-state index contributed by atoms with van der Waals surface area (Å²) >= 11 is 5.61. The number of allylic oxidation sites excluding steroid dienone is 2. The standard InChI is InChI=1S/C15H16ClN/c16-11-7-2-1-5-9-14-12-13-8-4-3-6-10-15(13)17-14/h3-4,8,10,12,17H,1-2,6-7,11H2. The zero-order chi connectivity index (χ0) is 11.9. The molecule has 0 atom stereocenters. The van der Waals surface area contributed by atoms with E-state index >= 15 is 0 Å². The van der Waals surface area contributed by atoms with Gasteiger partial charge in [-0.05, 0) is 31.2 Å². The van der Waals surface area contributed by atoms with Gasteiger partial charge in [-0.3, -0.25) is 0 Å². The van der Waals surface area contributed by atoms with Crippen LogP contribution in [0.25, 0.3) is 12.2 Å². The first-order valence-corrected chi connectivity index (χ1v) is 6.54. The van der Waals surface area contributed by atoms with E-state index in [0.29, 0.717) is 0 Å². The third-order valence-corrected chi connectivity index (χ3v) is 2.93. The van der Waals surface area contributed by atoms with E-state index in [0.717, 1.165) is 37.3 Å². The molecule has 2 heteroatoms. The van der Waals surface area contributed by atoms with Gasteiger partial charge in [0.1, 0.15) is 0 Å². The predicted molar refractivity (Wildman–Crippen MR) is 74.2 cm³/mol. The van der Waals surface area contributed by atoms with Gasteiger partial charge >= 0.3 is 0 Å². The fourth-order valence-corrected chi connectivity index (χ4v) is 1.95. The SMILES string of the molecule is ClCCCCC#Cc1cc2c([nH]1)=CCC=CC=2. The van der Waals surface area contributed by atoms with Crippen LogP contribution in [0.5, 0.6) is 0 Å². The fraction of sp³-hybridized carbons (Fsp3) is 0.333.